The number of nitrogens with two attached hydrogens (primary N) is 1. The Morgan fingerprint density at radius 1 is 1.50 bits per heavy atom. The third-order valence-electron chi connectivity index (χ3n) is 3.79. The standard InChI is InChI=1S/C15H24N2O/c1-3-14-11-18-8-7-17(14)15(10-16)13-6-4-5-12(2)9-13/h4-6,9,14-15H,3,7-8,10-11,16H2,1-2H3. The molecular formula is C15H24N2O. The Kier molecular flexibility index (Phi) is 4.75. The second kappa shape index (κ2) is 6.32. The topological polar surface area (TPSA) is 38.5 Å². The lowest BCUT2D eigenvalue weighted by molar-refractivity contribution is -0.0291. The molecule has 1 saturated heterocycles. The third kappa shape index (κ3) is 2.91. The van der Waals surface area contributed by atoms with E-state index < -0.39 is 0 Å². The van der Waals surface area contributed by atoms with Crippen molar-refractivity contribution in [2.75, 3.05) is 26.3 Å². The van der Waals surface area contributed by atoms with Gasteiger partial charge in [-0.2, -0.15) is 0 Å². The van der Waals surface area contributed by atoms with Gasteiger partial charge < -0.3 is 10.5 Å². The molecule has 1 aromatic rings. The molecule has 1 heterocycles. The van der Waals surface area contributed by atoms with Crippen molar-refractivity contribution in [3.05, 3.63) is 35.4 Å². The molecule has 2 unspecified atom stereocenters. The zero-order valence-electron chi connectivity index (χ0n) is 11.4. The summed E-state index contributed by atoms with van der Waals surface area (Å²) in [5.41, 5.74) is 8.65. The van der Waals surface area contributed by atoms with E-state index in [4.69, 9.17) is 10.5 Å². The van der Waals surface area contributed by atoms with Crippen molar-refractivity contribution in [2.45, 2.75) is 32.4 Å². The van der Waals surface area contributed by atoms with E-state index in [1.54, 1.807) is 0 Å². The number of hydrogen-bond acceptors (Lipinski definition) is 3. The smallest absolute Gasteiger partial charge is 0.0622 e. The first-order valence-electron chi connectivity index (χ1n) is 6.86. The van der Waals surface area contributed by atoms with Crippen molar-refractivity contribution in [3.63, 3.8) is 0 Å². The minimum Gasteiger partial charge on any atom is -0.378 e. The molecule has 0 aromatic heterocycles. The number of aryl methyl sites for hydroxylation is 1. The summed E-state index contributed by atoms with van der Waals surface area (Å²) in [5, 5.41) is 0. The van der Waals surface area contributed by atoms with Crippen LogP contribution in [0.1, 0.15) is 30.5 Å². The largest absolute Gasteiger partial charge is 0.378 e. The second-order valence-electron chi connectivity index (χ2n) is 5.04. The highest BCUT2D eigenvalue weighted by Gasteiger charge is 2.28. The van der Waals surface area contributed by atoms with Crippen molar-refractivity contribution < 1.29 is 4.74 Å². The zero-order valence-corrected chi connectivity index (χ0v) is 11.4. The molecule has 0 bridgehead atoms. The third-order valence-corrected chi connectivity index (χ3v) is 3.79. The van der Waals surface area contributed by atoms with Crippen LogP contribution in [-0.4, -0.2) is 37.2 Å². The van der Waals surface area contributed by atoms with Gasteiger partial charge in [-0.15, -0.1) is 0 Å². The van der Waals surface area contributed by atoms with Crippen LogP contribution in [0.25, 0.3) is 0 Å². The minimum atomic E-state index is 0.318. The molecule has 2 rings (SSSR count). The number of ether oxygens (including phenoxy) is 1. The fraction of sp³-hybridized carbons (Fsp3) is 0.600. The van der Waals surface area contributed by atoms with Crippen molar-refractivity contribution in [2.24, 2.45) is 5.73 Å². The summed E-state index contributed by atoms with van der Waals surface area (Å²) in [6, 6.07) is 9.50. The first-order chi connectivity index (χ1) is 8.76. The Hall–Kier alpha value is -0.900. The van der Waals surface area contributed by atoms with Crippen LogP contribution in [0, 0.1) is 6.92 Å². The molecule has 0 radical (unpaired) electrons. The Morgan fingerprint density at radius 2 is 2.33 bits per heavy atom. The Bertz CT molecular complexity index is 381. The van der Waals surface area contributed by atoms with E-state index in [0.29, 0.717) is 18.6 Å². The molecule has 18 heavy (non-hydrogen) atoms. The van der Waals surface area contributed by atoms with Crippen molar-refractivity contribution >= 4 is 0 Å². The molecule has 0 amide bonds. The normalized spacial score (nSPS) is 22.9. The van der Waals surface area contributed by atoms with Crippen LogP contribution in [0.4, 0.5) is 0 Å². The summed E-state index contributed by atoms with van der Waals surface area (Å²) < 4.78 is 5.58. The Labute approximate surface area is 110 Å². The SMILES string of the molecule is CCC1COCCN1C(CN)c1cccc(C)c1. The maximum Gasteiger partial charge on any atom is 0.0622 e. The van der Waals surface area contributed by atoms with Gasteiger partial charge in [-0.25, -0.2) is 0 Å². The summed E-state index contributed by atoms with van der Waals surface area (Å²) in [6.45, 7) is 7.65. The zero-order chi connectivity index (χ0) is 13.0. The Balaban J connectivity index is 2.21. The molecule has 0 spiro atoms. The van der Waals surface area contributed by atoms with Gasteiger partial charge in [-0.1, -0.05) is 36.8 Å². The lowest BCUT2D eigenvalue weighted by Crippen LogP contribution is -2.48. The molecule has 2 atom stereocenters. The Morgan fingerprint density at radius 3 is 3.00 bits per heavy atom. The first kappa shape index (κ1) is 13.5. The number of benzene rings is 1. The summed E-state index contributed by atoms with van der Waals surface area (Å²) in [4.78, 5) is 2.51. The van der Waals surface area contributed by atoms with Gasteiger partial charge in [0.2, 0.25) is 0 Å². The van der Waals surface area contributed by atoms with Crippen LogP contribution < -0.4 is 5.73 Å². The molecule has 3 heteroatoms. The van der Waals surface area contributed by atoms with Crippen molar-refractivity contribution in [3.8, 4) is 0 Å². The van der Waals surface area contributed by atoms with Gasteiger partial charge in [-0.05, 0) is 18.9 Å². The summed E-state index contributed by atoms with van der Waals surface area (Å²) in [6.07, 6.45) is 1.11. The van der Waals surface area contributed by atoms with Crippen LogP contribution in [0.3, 0.4) is 0 Å². The number of hydrogen-bond donors (Lipinski definition) is 1. The molecule has 1 aliphatic heterocycles. The number of rotatable bonds is 4. The van der Waals surface area contributed by atoms with E-state index in [9.17, 15) is 0 Å². The van der Waals surface area contributed by atoms with Gasteiger partial charge >= 0.3 is 0 Å². The van der Waals surface area contributed by atoms with Crippen molar-refractivity contribution in [1.29, 1.82) is 0 Å². The van der Waals surface area contributed by atoms with Gasteiger partial charge in [0.05, 0.1) is 13.2 Å². The second-order valence-corrected chi connectivity index (χ2v) is 5.04. The predicted molar refractivity (Wildman–Crippen MR) is 74.6 cm³/mol. The van der Waals surface area contributed by atoms with E-state index in [0.717, 1.165) is 26.2 Å². The predicted octanol–water partition coefficient (Wildman–Crippen LogP) is 2.11. The molecule has 0 aliphatic carbocycles. The van der Waals surface area contributed by atoms with E-state index in [-0.39, 0.29) is 0 Å². The fourth-order valence-corrected chi connectivity index (χ4v) is 2.77. The average Bonchev–Trinajstić information content (AvgIpc) is 2.40. The van der Waals surface area contributed by atoms with Crippen LogP contribution in [0.15, 0.2) is 24.3 Å². The maximum absolute atomic E-state index is 6.02. The molecule has 1 aromatic carbocycles. The van der Waals surface area contributed by atoms with E-state index in [1.165, 1.54) is 11.1 Å². The molecule has 100 valence electrons. The minimum absolute atomic E-state index is 0.318. The molecule has 0 saturated carbocycles. The van der Waals surface area contributed by atoms with Gasteiger partial charge in [0.15, 0.2) is 0 Å². The van der Waals surface area contributed by atoms with Crippen LogP contribution in [-0.2, 0) is 4.74 Å². The molecular weight excluding hydrogens is 224 g/mol. The molecule has 2 N–H and O–H groups in total. The molecule has 3 nitrogen and oxygen atoms in total. The van der Waals surface area contributed by atoms with Gasteiger partial charge in [0, 0.05) is 25.2 Å². The van der Waals surface area contributed by atoms with Crippen LogP contribution in [0.5, 0.6) is 0 Å². The number of nitrogens with zero attached hydrogens (tertiary/aromatic N) is 1. The lowest BCUT2D eigenvalue weighted by Gasteiger charge is -2.40. The first-order valence-corrected chi connectivity index (χ1v) is 6.86. The monoisotopic (exact) mass is 248 g/mol. The van der Waals surface area contributed by atoms with Gasteiger partial charge in [0.1, 0.15) is 0 Å². The van der Waals surface area contributed by atoms with E-state index >= 15 is 0 Å². The maximum atomic E-state index is 6.02. The van der Waals surface area contributed by atoms with Crippen LogP contribution in [0.2, 0.25) is 0 Å². The number of morpholine rings is 1. The molecule has 1 fully saturated rings. The summed E-state index contributed by atoms with van der Waals surface area (Å²) in [7, 11) is 0. The van der Waals surface area contributed by atoms with Gasteiger partial charge in [0.25, 0.3) is 0 Å². The van der Waals surface area contributed by atoms with Crippen LogP contribution >= 0.6 is 0 Å². The molecule has 1 aliphatic rings. The highest BCUT2D eigenvalue weighted by molar-refractivity contribution is 5.25. The quantitative estimate of drug-likeness (QED) is 0.887. The summed E-state index contributed by atoms with van der Waals surface area (Å²) >= 11 is 0. The van der Waals surface area contributed by atoms with Gasteiger partial charge in [-0.3, -0.25) is 4.90 Å². The van der Waals surface area contributed by atoms with E-state index in [1.807, 2.05) is 0 Å². The average molecular weight is 248 g/mol. The lowest BCUT2D eigenvalue weighted by atomic mass is 10.00. The highest BCUT2D eigenvalue weighted by Crippen LogP contribution is 2.25. The fourth-order valence-electron chi connectivity index (χ4n) is 2.77. The highest BCUT2D eigenvalue weighted by atomic mass is 16.5. The summed E-state index contributed by atoms with van der Waals surface area (Å²) in [5.74, 6) is 0. The van der Waals surface area contributed by atoms with E-state index in [2.05, 4.69) is 43.0 Å². The van der Waals surface area contributed by atoms with Crippen molar-refractivity contribution in [1.82, 2.24) is 4.90 Å².